The zero-order chi connectivity index (χ0) is 10.7. The highest BCUT2D eigenvalue weighted by Gasteiger charge is 2.14. The van der Waals surface area contributed by atoms with Crippen molar-refractivity contribution in [3.05, 3.63) is 41.2 Å². The Morgan fingerprint density at radius 2 is 2.27 bits per heavy atom. The van der Waals surface area contributed by atoms with Gasteiger partial charge in [-0.25, -0.2) is 4.39 Å². The van der Waals surface area contributed by atoms with Gasteiger partial charge in [0.15, 0.2) is 0 Å². The monoisotopic (exact) mass is 224 g/mol. The fourth-order valence-corrected chi connectivity index (χ4v) is 2.66. The number of hydrogen-bond acceptors (Lipinski definition) is 2. The molecule has 0 aromatic heterocycles. The van der Waals surface area contributed by atoms with Gasteiger partial charge in [-0.3, -0.25) is 0 Å². The summed E-state index contributed by atoms with van der Waals surface area (Å²) < 4.78 is 13.7. The molecule has 0 saturated heterocycles. The molecule has 0 atom stereocenters. The van der Waals surface area contributed by atoms with Crippen LogP contribution in [0.15, 0.2) is 24.3 Å². The van der Waals surface area contributed by atoms with E-state index < -0.39 is 0 Å². The van der Waals surface area contributed by atoms with Crippen molar-refractivity contribution in [2.45, 2.75) is 13.0 Å². The molecular weight excluding hydrogens is 211 g/mol. The van der Waals surface area contributed by atoms with Crippen LogP contribution in [0.2, 0.25) is 0 Å². The van der Waals surface area contributed by atoms with E-state index in [1.807, 2.05) is 11.8 Å². The molecule has 1 aromatic rings. The number of aliphatic hydroxyl groups is 1. The fourth-order valence-electron chi connectivity index (χ4n) is 1.81. The molecule has 1 heterocycles. The van der Waals surface area contributed by atoms with Crippen molar-refractivity contribution in [2.75, 3.05) is 11.5 Å². The SMILES string of the molecule is OCc1cccc(F)c1C1=CCSCC1. The van der Waals surface area contributed by atoms with Gasteiger partial charge in [0.1, 0.15) is 5.82 Å². The highest BCUT2D eigenvalue weighted by Crippen LogP contribution is 2.30. The molecule has 1 aliphatic heterocycles. The molecule has 0 saturated carbocycles. The van der Waals surface area contributed by atoms with Gasteiger partial charge in [-0.05, 0) is 29.4 Å². The van der Waals surface area contributed by atoms with Crippen LogP contribution in [0.4, 0.5) is 4.39 Å². The van der Waals surface area contributed by atoms with Crippen molar-refractivity contribution in [2.24, 2.45) is 0 Å². The largest absolute Gasteiger partial charge is 0.392 e. The molecule has 0 amide bonds. The number of thioether (sulfide) groups is 1. The minimum atomic E-state index is -0.222. The molecule has 1 nitrogen and oxygen atoms in total. The van der Waals surface area contributed by atoms with Crippen LogP contribution >= 0.6 is 11.8 Å². The Morgan fingerprint density at radius 1 is 1.40 bits per heavy atom. The van der Waals surface area contributed by atoms with Crippen molar-refractivity contribution in [3.8, 4) is 0 Å². The van der Waals surface area contributed by atoms with Crippen LogP contribution in [0.3, 0.4) is 0 Å². The summed E-state index contributed by atoms with van der Waals surface area (Å²) in [6.45, 7) is -0.0996. The Kier molecular flexibility index (Phi) is 3.44. The van der Waals surface area contributed by atoms with E-state index in [0.29, 0.717) is 11.1 Å². The maximum absolute atomic E-state index is 13.7. The summed E-state index contributed by atoms with van der Waals surface area (Å²) in [4.78, 5) is 0. The van der Waals surface area contributed by atoms with Crippen LogP contribution in [0.25, 0.3) is 5.57 Å². The summed E-state index contributed by atoms with van der Waals surface area (Å²) in [5.41, 5.74) is 2.34. The molecule has 15 heavy (non-hydrogen) atoms. The summed E-state index contributed by atoms with van der Waals surface area (Å²) in [6, 6.07) is 4.88. The molecule has 0 fully saturated rings. The molecule has 0 aliphatic carbocycles. The summed E-state index contributed by atoms with van der Waals surface area (Å²) in [5.74, 6) is 1.75. The van der Waals surface area contributed by atoms with Gasteiger partial charge < -0.3 is 5.11 Å². The van der Waals surface area contributed by atoms with E-state index in [2.05, 4.69) is 6.08 Å². The first-order valence-electron chi connectivity index (χ1n) is 4.98. The van der Waals surface area contributed by atoms with Crippen LogP contribution < -0.4 is 0 Å². The Labute approximate surface area is 93.0 Å². The molecule has 1 aliphatic rings. The molecule has 80 valence electrons. The highest BCUT2D eigenvalue weighted by atomic mass is 32.2. The summed E-state index contributed by atoms with van der Waals surface area (Å²) >= 11 is 1.85. The first kappa shape index (κ1) is 10.7. The lowest BCUT2D eigenvalue weighted by molar-refractivity contribution is 0.281. The van der Waals surface area contributed by atoms with E-state index in [-0.39, 0.29) is 12.4 Å². The number of rotatable bonds is 2. The quantitative estimate of drug-likeness (QED) is 0.833. The zero-order valence-corrected chi connectivity index (χ0v) is 9.19. The van der Waals surface area contributed by atoms with E-state index >= 15 is 0 Å². The molecule has 0 radical (unpaired) electrons. The molecule has 0 unspecified atom stereocenters. The third kappa shape index (κ3) is 2.24. The maximum Gasteiger partial charge on any atom is 0.131 e. The van der Waals surface area contributed by atoms with Crippen LogP contribution in [-0.4, -0.2) is 16.6 Å². The second-order valence-electron chi connectivity index (χ2n) is 3.49. The number of halogens is 1. The zero-order valence-electron chi connectivity index (χ0n) is 8.37. The van der Waals surface area contributed by atoms with E-state index in [1.165, 1.54) is 6.07 Å². The highest BCUT2D eigenvalue weighted by molar-refractivity contribution is 7.99. The minimum absolute atomic E-state index is 0.0996. The Morgan fingerprint density at radius 3 is 2.93 bits per heavy atom. The minimum Gasteiger partial charge on any atom is -0.392 e. The van der Waals surface area contributed by atoms with E-state index in [0.717, 1.165) is 23.5 Å². The van der Waals surface area contributed by atoms with E-state index in [4.69, 9.17) is 0 Å². The molecule has 1 N–H and O–H groups in total. The summed E-state index contributed by atoms with van der Waals surface area (Å²) in [7, 11) is 0. The molecule has 0 spiro atoms. The Hall–Kier alpha value is -0.800. The van der Waals surface area contributed by atoms with Crippen molar-refractivity contribution < 1.29 is 9.50 Å². The normalized spacial score (nSPS) is 16.3. The van der Waals surface area contributed by atoms with Gasteiger partial charge in [0.25, 0.3) is 0 Å². The average molecular weight is 224 g/mol. The van der Waals surface area contributed by atoms with E-state index in [9.17, 15) is 9.50 Å². The van der Waals surface area contributed by atoms with Gasteiger partial charge in [-0.2, -0.15) is 11.8 Å². The Bertz CT molecular complexity index is 387. The summed E-state index contributed by atoms with van der Waals surface area (Å²) in [5, 5.41) is 9.17. The van der Waals surface area contributed by atoms with Gasteiger partial charge in [-0.15, -0.1) is 0 Å². The van der Waals surface area contributed by atoms with Crippen LogP contribution in [0.1, 0.15) is 17.5 Å². The molecule has 3 heteroatoms. The first-order valence-corrected chi connectivity index (χ1v) is 6.14. The number of hydrogen-bond donors (Lipinski definition) is 1. The number of allylic oxidation sites excluding steroid dienone is 1. The van der Waals surface area contributed by atoms with Gasteiger partial charge in [-0.1, -0.05) is 18.2 Å². The topological polar surface area (TPSA) is 20.2 Å². The van der Waals surface area contributed by atoms with Gasteiger partial charge in [0.05, 0.1) is 6.61 Å². The van der Waals surface area contributed by atoms with Crippen LogP contribution in [0, 0.1) is 5.82 Å². The molecule has 0 bridgehead atoms. The number of aliphatic hydroxyl groups excluding tert-OH is 1. The molecule has 2 rings (SSSR count). The standard InChI is InChI=1S/C12H13FOS/c13-11-3-1-2-10(8-14)12(11)9-4-6-15-7-5-9/h1-4,14H,5-8H2. The second kappa shape index (κ2) is 4.81. The van der Waals surface area contributed by atoms with Crippen LogP contribution in [0.5, 0.6) is 0 Å². The third-order valence-electron chi connectivity index (χ3n) is 2.55. The Balaban J connectivity index is 2.45. The lowest BCUT2D eigenvalue weighted by Gasteiger charge is -2.16. The smallest absolute Gasteiger partial charge is 0.131 e. The van der Waals surface area contributed by atoms with Gasteiger partial charge in [0.2, 0.25) is 0 Å². The van der Waals surface area contributed by atoms with Crippen molar-refractivity contribution in [1.29, 1.82) is 0 Å². The second-order valence-corrected chi connectivity index (χ2v) is 4.64. The third-order valence-corrected chi connectivity index (χ3v) is 3.45. The average Bonchev–Trinajstić information content (AvgIpc) is 2.29. The van der Waals surface area contributed by atoms with Crippen molar-refractivity contribution in [3.63, 3.8) is 0 Å². The molecule has 1 aromatic carbocycles. The summed E-state index contributed by atoms with van der Waals surface area (Å²) in [6.07, 6.45) is 2.95. The number of benzene rings is 1. The van der Waals surface area contributed by atoms with Crippen molar-refractivity contribution in [1.82, 2.24) is 0 Å². The maximum atomic E-state index is 13.7. The lowest BCUT2D eigenvalue weighted by atomic mass is 9.97. The predicted octanol–water partition coefficient (Wildman–Crippen LogP) is 2.84. The lowest BCUT2D eigenvalue weighted by Crippen LogP contribution is -2.02. The fraction of sp³-hybridized carbons (Fsp3) is 0.333. The molecular formula is C12H13FOS. The van der Waals surface area contributed by atoms with Crippen LogP contribution in [-0.2, 0) is 6.61 Å². The van der Waals surface area contributed by atoms with Crippen molar-refractivity contribution >= 4 is 17.3 Å². The predicted molar refractivity (Wildman–Crippen MR) is 62.2 cm³/mol. The first-order chi connectivity index (χ1) is 7.33. The van der Waals surface area contributed by atoms with Gasteiger partial charge in [0, 0.05) is 11.3 Å². The van der Waals surface area contributed by atoms with Gasteiger partial charge >= 0.3 is 0 Å². The van der Waals surface area contributed by atoms with E-state index in [1.54, 1.807) is 12.1 Å².